The first-order chi connectivity index (χ1) is 13.5. The van der Waals surface area contributed by atoms with Crippen LogP contribution in [0.3, 0.4) is 0 Å². The van der Waals surface area contributed by atoms with Crippen molar-refractivity contribution in [2.75, 3.05) is 27.3 Å². The van der Waals surface area contributed by atoms with Gasteiger partial charge in [0.25, 0.3) is 0 Å². The van der Waals surface area contributed by atoms with E-state index in [9.17, 15) is 4.79 Å². The third-order valence-corrected chi connectivity index (χ3v) is 7.44. The van der Waals surface area contributed by atoms with E-state index in [1.165, 1.54) is 14.2 Å². The molecule has 6 heteroatoms. The van der Waals surface area contributed by atoms with E-state index in [2.05, 4.69) is 16.8 Å². The molecule has 2 saturated heterocycles. The highest BCUT2D eigenvalue weighted by atomic mass is 19.1. The number of methoxy groups -OCH3 is 2. The van der Waals surface area contributed by atoms with Gasteiger partial charge in [-0.2, -0.15) is 0 Å². The third kappa shape index (κ3) is 2.12. The second-order valence-corrected chi connectivity index (χ2v) is 8.61. The summed E-state index contributed by atoms with van der Waals surface area (Å²) in [5.41, 5.74) is 1.77. The molecule has 1 N–H and O–H groups in total. The normalized spacial score (nSPS) is 33.4. The first-order valence-corrected chi connectivity index (χ1v) is 10.2. The van der Waals surface area contributed by atoms with E-state index in [0.717, 1.165) is 55.5 Å². The van der Waals surface area contributed by atoms with Crippen LogP contribution in [0.15, 0.2) is 12.1 Å². The molecule has 1 aliphatic carbocycles. The Morgan fingerprint density at radius 1 is 1.39 bits per heavy atom. The van der Waals surface area contributed by atoms with Crippen LogP contribution in [-0.4, -0.2) is 49.2 Å². The highest BCUT2D eigenvalue weighted by Gasteiger charge is 2.62. The van der Waals surface area contributed by atoms with Crippen LogP contribution >= 0.6 is 0 Å². The summed E-state index contributed by atoms with van der Waals surface area (Å²) in [6.07, 6.45) is 3.69. The molecule has 1 aromatic carbocycles. The summed E-state index contributed by atoms with van der Waals surface area (Å²) >= 11 is 0. The van der Waals surface area contributed by atoms with Crippen molar-refractivity contribution in [2.45, 2.75) is 44.1 Å². The lowest BCUT2D eigenvalue weighted by molar-refractivity contribution is -0.162. The molecule has 5 nitrogen and oxygen atoms in total. The first-order valence-electron chi connectivity index (χ1n) is 10.2. The van der Waals surface area contributed by atoms with Crippen molar-refractivity contribution >= 4 is 16.9 Å². The number of esters is 1. The number of ether oxygens (including phenoxy) is 2. The van der Waals surface area contributed by atoms with Gasteiger partial charge in [0.15, 0.2) is 11.6 Å². The highest BCUT2D eigenvalue weighted by Crippen LogP contribution is 2.55. The molecule has 0 spiro atoms. The molecule has 4 aliphatic rings. The van der Waals surface area contributed by atoms with Gasteiger partial charge in [-0.15, -0.1) is 0 Å². The third-order valence-electron chi connectivity index (χ3n) is 7.44. The van der Waals surface area contributed by atoms with E-state index in [1.54, 1.807) is 6.07 Å². The van der Waals surface area contributed by atoms with Crippen LogP contribution in [0.1, 0.15) is 37.4 Å². The number of H-pyrrole nitrogens is 1. The number of halogens is 1. The number of nitrogens with zero attached hydrogens (tertiary/aromatic N) is 1. The molecule has 3 aliphatic heterocycles. The number of benzene rings is 1. The lowest BCUT2D eigenvalue weighted by Gasteiger charge is -2.57. The Hall–Kier alpha value is -2.08. The molecule has 28 heavy (non-hydrogen) atoms. The van der Waals surface area contributed by atoms with E-state index in [0.29, 0.717) is 17.2 Å². The molecule has 0 amide bonds. The van der Waals surface area contributed by atoms with Gasteiger partial charge in [-0.05, 0) is 48.8 Å². The minimum atomic E-state index is -0.749. The monoisotopic (exact) mass is 386 g/mol. The van der Waals surface area contributed by atoms with Crippen molar-refractivity contribution in [3.63, 3.8) is 0 Å². The zero-order chi connectivity index (χ0) is 19.6. The minimum absolute atomic E-state index is 0.106. The molecule has 150 valence electrons. The van der Waals surface area contributed by atoms with E-state index >= 15 is 4.39 Å². The second kappa shape index (κ2) is 6.21. The number of aromatic nitrogens is 1. The Labute approximate surface area is 164 Å². The van der Waals surface area contributed by atoms with E-state index in [-0.39, 0.29) is 23.6 Å². The van der Waals surface area contributed by atoms with Gasteiger partial charge < -0.3 is 14.5 Å². The molecule has 1 aromatic heterocycles. The fourth-order valence-electron chi connectivity index (χ4n) is 6.51. The molecule has 0 radical (unpaired) electrons. The summed E-state index contributed by atoms with van der Waals surface area (Å²) in [5.74, 6) is 0.615. The lowest BCUT2D eigenvalue weighted by atomic mass is 9.56. The largest absolute Gasteiger partial charge is 0.494 e. The van der Waals surface area contributed by atoms with Crippen molar-refractivity contribution in [1.29, 1.82) is 0 Å². The number of carbonyl (C=O) groups excluding carboxylic acids is 1. The summed E-state index contributed by atoms with van der Waals surface area (Å²) in [6.45, 7) is 4.07. The van der Waals surface area contributed by atoms with Crippen molar-refractivity contribution in [3.05, 3.63) is 29.2 Å². The van der Waals surface area contributed by atoms with E-state index < -0.39 is 5.41 Å². The van der Waals surface area contributed by atoms with Crippen molar-refractivity contribution in [3.8, 4) is 5.75 Å². The number of nitrogens with one attached hydrogen (secondary N) is 1. The van der Waals surface area contributed by atoms with Gasteiger partial charge in [0, 0.05) is 35.7 Å². The highest BCUT2D eigenvalue weighted by molar-refractivity contribution is 5.92. The Bertz CT molecular complexity index is 955. The summed E-state index contributed by atoms with van der Waals surface area (Å²) in [6, 6.07) is 3.61. The van der Waals surface area contributed by atoms with Gasteiger partial charge >= 0.3 is 5.97 Å². The molecule has 3 fully saturated rings. The fraction of sp³-hybridized carbons (Fsp3) is 0.591. The second-order valence-electron chi connectivity index (χ2n) is 8.61. The standard InChI is InChI=1S/C22H27FN2O3/c1-4-13-9-12-10-22(21(26)28-3)19-14(7-8-25(11-12)20(13)22)17-15(24-19)5-6-16(27-2)18(17)23/h5-6,12-13,20,24H,4,7-11H2,1-3H3/t12-,13-,20?,22+/m0/s1. The summed E-state index contributed by atoms with van der Waals surface area (Å²) < 4.78 is 25.8. The average molecular weight is 386 g/mol. The number of piperidine rings is 2. The van der Waals surface area contributed by atoms with Crippen LogP contribution in [0.2, 0.25) is 0 Å². The van der Waals surface area contributed by atoms with Crippen LogP contribution < -0.4 is 4.74 Å². The van der Waals surface area contributed by atoms with Crippen molar-refractivity contribution < 1.29 is 18.7 Å². The molecule has 6 rings (SSSR count). The van der Waals surface area contributed by atoms with Gasteiger partial charge in [-0.3, -0.25) is 9.69 Å². The van der Waals surface area contributed by atoms with Gasteiger partial charge in [-0.25, -0.2) is 4.39 Å². The predicted octanol–water partition coefficient (Wildman–Crippen LogP) is 3.40. The van der Waals surface area contributed by atoms with Crippen LogP contribution in [0.4, 0.5) is 4.39 Å². The number of fused-ring (bicyclic) bond motifs is 4. The zero-order valence-electron chi connectivity index (χ0n) is 16.7. The zero-order valence-corrected chi connectivity index (χ0v) is 16.7. The Kier molecular flexibility index (Phi) is 3.99. The lowest BCUT2D eigenvalue weighted by Crippen LogP contribution is -2.67. The number of hydrogen-bond donors (Lipinski definition) is 1. The van der Waals surface area contributed by atoms with Gasteiger partial charge in [0.2, 0.25) is 0 Å². The first kappa shape index (κ1) is 18.0. The topological polar surface area (TPSA) is 54.6 Å². The number of hydrogen-bond acceptors (Lipinski definition) is 4. The smallest absolute Gasteiger partial charge is 0.319 e. The molecule has 1 saturated carbocycles. The molecule has 2 aromatic rings. The SMILES string of the molecule is CC[C@H]1C[C@@H]2CN3CCc4c([nH]c5ccc(OC)c(F)c45)[C@](C(=O)OC)(C2)C13. The van der Waals surface area contributed by atoms with Crippen molar-refractivity contribution in [1.82, 2.24) is 9.88 Å². The predicted molar refractivity (Wildman–Crippen MR) is 104 cm³/mol. The van der Waals surface area contributed by atoms with Gasteiger partial charge in [0.05, 0.1) is 14.2 Å². The van der Waals surface area contributed by atoms with E-state index in [1.807, 2.05) is 6.07 Å². The van der Waals surface area contributed by atoms with Crippen LogP contribution in [-0.2, 0) is 21.4 Å². The number of carbonyl (C=O) groups is 1. The van der Waals surface area contributed by atoms with Crippen LogP contribution in [0, 0.1) is 17.7 Å². The quantitative estimate of drug-likeness (QED) is 0.822. The summed E-state index contributed by atoms with van der Waals surface area (Å²) in [7, 11) is 2.95. The Morgan fingerprint density at radius 2 is 2.21 bits per heavy atom. The van der Waals surface area contributed by atoms with Crippen LogP contribution in [0.5, 0.6) is 5.75 Å². The number of aromatic amines is 1. The van der Waals surface area contributed by atoms with Gasteiger partial charge in [-0.1, -0.05) is 13.3 Å². The average Bonchev–Trinajstić information content (AvgIpc) is 3.07. The maximum Gasteiger partial charge on any atom is 0.319 e. The number of rotatable bonds is 3. The van der Waals surface area contributed by atoms with Crippen LogP contribution in [0.25, 0.3) is 10.9 Å². The van der Waals surface area contributed by atoms with Crippen molar-refractivity contribution in [2.24, 2.45) is 11.8 Å². The Morgan fingerprint density at radius 3 is 2.93 bits per heavy atom. The molecular formula is C22H27FN2O3. The molecule has 2 unspecified atom stereocenters. The molecular weight excluding hydrogens is 359 g/mol. The molecule has 4 bridgehead atoms. The minimum Gasteiger partial charge on any atom is -0.494 e. The van der Waals surface area contributed by atoms with Gasteiger partial charge in [0.1, 0.15) is 5.41 Å². The summed E-state index contributed by atoms with van der Waals surface area (Å²) in [4.78, 5) is 19.3. The van der Waals surface area contributed by atoms with E-state index in [4.69, 9.17) is 9.47 Å². The Balaban J connectivity index is 1.82. The maximum atomic E-state index is 15.2. The maximum absolute atomic E-state index is 15.2. The molecule has 5 atom stereocenters. The summed E-state index contributed by atoms with van der Waals surface area (Å²) in [5, 5.41) is 0.565. The fourth-order valence-corrected chi connectivity index (χ4v) is 6.51. The molecule has 4 heterocycles.